The molecule has 0 aliphatic rings. The number of hydrogen-bond acceptors (Lipinski definition) is 5. The number of nitrogens with one attached hydrogen (secondary N) is 1. The molecule has 0 aliphatic heterocycles. The van der Waals surface area contributed by atoms with Crippen LogP contribution < -0.4 is 10.1 Å². The standard InChI is InChI=1S/C22H23ClN4O2S/c1-3-11-27-20(14-29-19-12-16(2)9-10-18(19)23)25-26-22(27)30-15-21(28)24-13-17-7-5-4-6-8-17/h3-10,12H,1,11,13-15H2,2H3,(H,24,28). The predicted molar refractivity (Wildman–Crippen MR) is 120 cm³/mol. The number of allylic oxidation sites excluding steroid dienone is 1. The van der Waals surface area contributed by atoms with Gasteiger partial charge in [0, 0.05) is 13.1 Å². The molecule has 0 spiro atoms. The van der Waals surface area contributed by atoms with Crippen molar-refractivity contribution in [3.8, 4) is 5.75 Å². The van der Waals surface area contributed by atoms with Gasteiger partial charge < -0.3 is 10.1 Å². The topological polar surface area (TPSA) is 69.0 Å². The quantitative estimate of drug-likeness (QED) is 0.372. The minimum Gasteiger partial charge on any atom is -0.484 e. The fraction of sp³-hybridized carbons (Fsp3) is 0.227. The summed E-state index contributed by atoms with van der Waals surface area (Å²) in [6.07, 6.45) is 1.76. The van der Waals surface area contributed by atoms with Crippen molar-refractivity contribution in [1.29, 1.82) is 0 Å². The highest BCUT2D eigenvalue weighted by Gasteiger charge is 2.14. The first-order valence-corrected chi connectivity index (χ1v) is 10.8. The maximum atomic E-state index is 12.2. The van der Waals surface area contributed by atoms with E-state index in [0.717, 1.165) is 11.1 Å². The number of carbonyl (C=O) groups is 1. The molecule has 1 N–H and O–H groups in total. The first-order valence-electron chi connectivity index (χ1n) is 9.42. The van der Waals surface area contributed by atoms with Gasteiger partial charge in [0.15, 0.2) is 11.0 Å². The van der Waals surface area contributed by atoms with Gasteiger partial charge in [-0.15, -0.1) is 16.8 Å². The van der Waals surface area contributed by atoms with E-state index in [1.54, 1.807) is 12.1 Å². The van der Waals surface area contributed by atoms with E-state index in [9.17, 15) is 4.79 Å². The lowest BCUT2D eigenvalue weighted by molar-refractivity contribution is -0.118. The number of nitrogens with zero attached hydrogens (tertiary/aromatic N) is 3. The summed E-state index contributed by atoms with van der Waals surface area (Å²) < 4.78 is 7.72. The first kappa shape index (κ1) is 21.9. The summed E-state index contributed by atoms with van der Waals surface area (Å²) in [5.41, 5.74) is 2.11. The second-order valence-corrected chi connectivity index (χ2v) is 7.92. The van der Waals surface area contributed by atoms with E-state index in [4.69, 9.17) is 16.3 Å². The van der Waals surface area contributed by atoms with E-state index in [1.165, 1.54) is 11.8 Å². The van der Waals surface area contributed by atoms with Crippen LogP contribution in [0.3, 0.4) is 0 Å². The molecular weight excluding hydrogens is 420 g/mol. The van der Waals surface area contributed by atoms with E-state index in [0.29, 0.717) is 34.8 Å². The average molecular weight is 443 g/mol. The van der Waals surface area contributed by atoms with E-state index >= 15 is 0 Å². The zero-order chi connectivity index (χ0) is 21.3. The number of thioether (sulfide) groups is 1. The fourth-order valence-corrected chi connectivity index (χ4v) is 3.65. The number of ether oxygens (including phenoxy) is 1. The molecule has 0 aliphatic carbocycles. The molecule has 0 radical (unpaired) electrons. The van der Waals surface area contributed by atoms with E-state index < -0.39 is 0 Å². The maximum absolute atomic E-state index is 12.2. The Bertz CT molecular complexity index is 1010. The van der Waals surface area contributed by atoms with Gasteiger partial charge in [0.1, 0.15) is 12.4 Å². The highest BCUT2D eigenvalue weighted by atomic mass is 35.5. The van der Waals surface area contributed by atoms with E-state index in [1.807, 2.05) is 54.0 Å². The summed E-state index contributed by atoms with van der Waals surface area (Å²) in [5.74, 6) is 1.41. The third kappa shape index (κ3) is 6.11. The molecule has 1 aromatic heterocycles. The van der Waals surface area contributed by atoms with Gasteiger partial charge in [0.25, 0.3) is 0 Å². The molecule has 30 heavy (non-hydrogen) atoms. The van der Waals surface area contributed by atoms with Gasteiger partial charge in [-0.3, -0.25) is 9.36 Å². The minimum atomic E-state index is -0.0682. The Balaban J connectivity index is 1.58. The summed E-state index contributed by atoms with van der Waals surface area (Å²) in [4.78, 5) is 12.2. The van der Waals surface area contributed by atoms with Crippen LogP contribution in [0.1, 0.15) is 17.0 Å². The van der Waals surface area contributed by atoms with Gasteiger partial charge in [-0.2, -0.15) is 0 Å². The molecule has 3 aromatic rings. The number of rotatable bonds is 10. The van der Waals surface area contributed by atoms with Gasteiger partial charge in [0.05, 0.1) is 10.8 Å². The molecule has 6 nitrogen and oxygen atoms in total. The fourth-order valence-electron chi connectivity index (χ4n) is 2.69. The van der Waals surface area contributed by atoms with Crippen LogP contribution in [0.2, 0.25) is 5.02 Å². The molecule has 0 bridgehead atoms. The van der Waals surface area contributed by atoms with E-state index in [2.05, 4.69) is 22.1 Å². The Labute approximate surface area is 185 Å². The van der Waals surface area contributed by atoms with Crippen LogP contribution >= 0.6 is 23.4 Å². The monoisotopic (exact) mass is 442 g/mol. The SMILES string of the molecule is C=CCn1c(COc2cc(C)ccc2Cl)nnc1SCC(=O)NCc1ccccc1. The molecule has 2 aromatic carbocycles. The Morgan fingerprint density at radius 2 is 2.07 bits per heavy atom. The van der Waals surface area contributed by atoms with Crippen molar-refractivity contribution in [1.82, 2.24) is 20.1 Å². The van der Waals surface area contributed by atoms with Crippen LogP contribution in [0.25, 0.3) is 0 Å². The molecule has 0 fully saturated rings. The zero-order valence-electron chi connectivity index (χ0n) is 16.7. The van der Waals surface area contributed by atoms with Gasteiger partial charge >= 0.3 is 0 Å². The lowest BCUT2D eigenvalue weighted by atomic mass is 10.2. The van der Waals surface area contributed by atoms with Gasteiger partial charge in [0.2, 0.25) is 5.91 Å². The summed E-state index contributed by atoms with van der Waals surface area (Å²) in [6.45, 7) is 6.99. The molecule has 0 atom stereocenters. The van der Waals surface area contributed by atoms with Crippen LogP contribution in [0.15, 0.2) is 66.3 Å². The lowest BCUT2D eigenvalue weighted by Gasteiger charge is -2.10. The highest BCUT2D eigenvalue weighted by Crippen LogP contribution is 2.26. The van der Waals surface area contributed by atoms with Gasteiger partial charge in [-0.25, -0.2) is 0 Å². The molecule has 8 heteroatoms. The van der Waals surface area contributed by atoms with Crippen molar-refractivity contribution in [2.45, 2.75) is 31.8 Å². The Kier molecular flexibility index (Phi) is 7.93. The summed E-state index contributed by atoms with van der Waals surface area (Å²) in [6, 6.07) is 15.4. The van der Waals surface area contributed by atoms with Crippen LogP contribution in [0.5, 0.6) is 5.75 Å². The summed E-state index contributed by atoms with van der Waals surface area (Å²) in [7, 11) is 0. The van der Waals surface area contributed by atoms with Crippen molar-refractivity contribution in [3.63, 3.8) is 0 Å². The third-order valence-corrected chi connectivity index (χ3v) is 5.49. The molecule has 156 valence electrons. The Morgan fingerprint density at radius 1 is 1.27 bits per heavy atom. The number of hydrogen-bond donors (Lipinski definition) is 1. The van der Waals surface area contributed by atoms with Crippen LogP contribution in [0, 0.1) is 6.92 Å². The maximum Gasteiger partial charge on any atom is 0.230 e. The smallest absolute Gasteiger partial charge is 0.230 e. The van der Waals surface area contributed by atoms with Crippen LogP contribution in [-0.2, 0) is 24.5 Å². The number of carbonyl (C=O) groups excluding carboxylic acids is 1. The van der Waals surface area contributed by atoms with Crippen molar-refractivity contribution in [2.24, 2.45) is 0 Å². The number of benzene rings is 2. The highest BCUT2D eigenvalue weighted by molar-refractivity contribution is 7.99. The molecule has 0 unspecified atom stereocenters. The van der Waals surface area contributed by atoms with Crippen molar-refractivity contribution < 1.29 is 9.53 Å². The van der Waals surface area contributed by atoms with Crippen LogP contribution in [0.4, 0.5) is 0 Å². The lowest BCUT2D eigenvalue weighted by Crippen LogP contribution is -2.24. The molecular formula is C22H23ClN4O2S. The number of aromatic nitrogens is 3. The normalized spacial score (nSPS) is 10.6. The van der Waals surface area contributed by atoms with Gasteiger partial charge in [-0.05, 0) is 30.2 Å². The minimum absolute atomic E-state index is 0.0682. The molecule has 3 rings (SSSR count). The average Bonchev–Trinajstić information content (AvgIpc) is 3.14. The zero-order valence-corrected chi connectivity index (χ0v) is 18.2. The van der Waals surface area contributed by atoms with Crippen molar-refractivity contribution in [2.75, 3.05) is 5.75 Å². The Hall–Kier alpha value is -2.77. The molecule has 0 saturated heterocycles. The number of aryl methyl sites for hydroxylation is 1. The molecule has 0 saturated carbocycles. The third-order valence-electron chi connectivity index (χ3n) is 4.21. The Morgan fingerprint density at radius 3 is 2.83 bits per heavy atom. The van der Waals surface area contributed by atoms with E-state index in [-0.39, 0.29) is 18.3 Å². The van der Waals surface area contributed by atoms with Crippen LogP contribution in [-0.4, -0.2) is 26.4 Å². The van der Waals surface area contributed by atoms with Crippen molar-refractivity contribution in [3.05, 3.63) is 83.2 Å². The largest absolute Gasteiger partial charge is 0.484 e. The van der Waals surface area contributed by atoms with Gasteiger partial charge in [-0.1, -0.05) is 65.8 Å². The summed E-state index contributed by atoms with van der Waals surface area (Å²) in [5, 5.41) is 12.5. The number of amides is 1. The van der Waals surface area contributed by atoms with Crippen molar-refractivity contribution >= 4 is 29.3 Å². The predicted octanol–water partition coefficient (Wildman–Crippen LogP) is 4.41. The first-order chi connectivity index (χ1) is 14.6. The number of halogens is 1. The summed E-state index contributed by atoms with van der Waals surface area (Å²) >= 11 is 7.52. The molecule has 1 heterocycles. The second-order valence-electron chi connectivity index (χ2n) is 6.57. The second kappa shape index (κ2) is 10.8. The molecule has 1 amide bonds.